The fourth-order valence-electron chi connectivity index (χ4n) is 3.20. The second-order valence-corrected chi connectivity index (χ2v) is 6.43. The normalized spacial score (nSPS) is 13.2. The summed E-state index contributed by atoms with van der Waals surface area (Å²) in [7, 11) is 0. The van der Waals surface area contributed by atoms with Gasteiger partial charge in [0, 0.05) is 36.7 Å². The monoisotopic (exact) mass is 365 g/mol. The van der Waals surface area contributed by atoms with E-state index in [1.807, 2.05) is 18.2 Å². The average Bonchev–Trinajstić information content (AvgIpc) is 2.70. The number of halogens is 2. The molecular formula is C21H17F2N3O. The molecule has 4 nitrogen and oxygen atoms in total. The van der Waals surface area contributed by atoms with Crippen LogP contribution in [0.5, 0.6) is 0 Å². The average molecular weight is 365 g/mol. The molecule has 2 aromatic carbocycles. The van der Waals surface area contributed by atoms with Crippen LogP contribution in [-0.4, -0.2) is 22.3 Å². The maximum atomic E-state index is 13.4. The van der Waals surface area contributed by atoms with Gasteiger partial charge in [-0.25, -0.2) is 8.78 Å². The first-order chi connectivity index (χ1) is 13.1. The molecule has 1 aromatic heterocycles. The Kier molecular flexibility index (Phi) is 4.54. The number of aromatic nitrogens is 1. The molecule has 1 amide bonds. The topological polar surface area (TPSA) is 45.2 Å². The molecule has 0 saturated heterocycles. The van der Waals surface area contributed by atoms with Crippen molar-refractivity contribution >= 4 is 17.3 Å². The number of hydrogen-bond donors (Lipinski definition) is 1. The molecule has 1 aliphatic heterocycles. The van der Waals surface area contributed by atoms with Gasteiger partial charge in [0.05, 0.1) is 0 Å². The lowest BCUT2D eigenvalue weighted by atomic mass is 10.00. The van der Waals surface area contributed by atoms with Crippen molar-refractivity contribution in [3.05, 3.63) is 89.2 Å². The van der Waals surface area contributed by atoms with Crippen LogP contribution in [0.2, 0.25) is 0 Å². The molecule has 2 heterocycles. The van der Waals surface area contributed by atoms with Gasteiger partial charge in [-0.15, -0.1) is 0 Å². The first-order valence-electron chi connectivity index (χ1n) is 8.64. The molecule has 4 rings (SSSR count). The van der Waals surface area contributed by atoms with E-state index in [1.165, 1.54) is 17.8 Å². The molecule has 0 fully saturated rings. The Hall–Kier alpha value is -3.28. The quantitative estimate of drug-likeness (QED) is 0.753. The molecule has 1 aliphatic rings. The lowest BCUT2D eigenvalue weighted by molar-refractivity contribution is 0.0729. The second kappa shape index (κ2) is 7.15. The van der Waals surface area contributed by atoms with Gasteiger partial charge in [0.25, 0.3) is 5.91 Å². The van der Waals surface area contributed by atoms with E-state index >= 15 is 0 Å². The molecule has 0 saturated carbocycles. The number of carbonyl (C=O) groups is 1. The lowest BCUT2D eigenvalue weighted by Crippen LogP contribution is -2.36. The minimum absolute atomic E-state index is 0.154. The second-order valence-electron chi connectivity index (χ2n) is 6.43. The summed E-state index contributed by atoms with van der Waals surface area (Å²) in [5.74, 6) is -1.99. The van der Waals surface area contributed by atoms with Gasteiger partial charge in [0.1, 0.15) is 5.69 Å². The standard InChI is InChI=1S/C21H17F2N3O/c22-18-6-5-16(11-19(18)23)25-17-7-9-24-20(12-17)21(27)26-10-8-14-3-1-2-4-15(14)13-26/h1-7,9,11-12H,8,10,13H2,(H,24,25). The lowest BCUT2D eigenvalue weighted by Gasteiger charge is -2.28. The number of carbonyl (C=O) groups excluding carboxylic acids is 1. The summed E-state index contributed by atoms with van der Waals surface area (Å²) < 4.78 is 26.4. The Labute approximate surface area is 155 Å². The fraction of sp³-hybridized carbons (Fsp3) is 0.143. The van der Waals surface area contributed by atoms with Crippen LogP contribution in [0.4, 0.5) is 20.2 Å². The van der Waals surface area contributed by atoms with E-state index in [-0.39, 0.29) is 5.91 Å². The number of benzene rings is 2. The summed E-state index contributed by atoms with van der Waals surface area (Å²) in [4.78, 5) is 18.8. The third kappa shape index (κ3) is 3.65. The Bertz CT molecular complexity index is 1010. The zero-order chi connectivity index (χ0) is 18.8. The van der Waals surface area contributed by atoms with Crippen LogP contribution in [0.25, 0.3) is 0 Å². The van der Waals surface area contributed by atoms with Gasteiger partial charge in [-0.1, -0.05) is 24.3 Å². The number of nitrogens with one attached hydrogen (secondary N) is 1. The van der Waals surface area contributed by atoms with Crippen molar-refractivity contribution in [1.82, 2.24) is 9.88 Å². The zero-order valence-corrected chi connectivity index (χ0v) is 14.5. The van der Waals surface area contributed by atoms with Crippen molar-refractivity contribution in [1.29, 1.82) is 0 Å². The predicted molar refractivity (Wildman–Crippen MR) is 98.8 cm³/mol. The van der Waals surface area contributed by atoms with Gasteiger partial charge in [-0.05, 0) is 41.8 Å². The highest BCUT2D eigenvalue weighted by atomic mass is 19.2. The van der Waals surface area contributed by atoms with Crippen molar-refractivity contribution in [2.24, 2.45) is 0 Å². The Balaban J connectivity index is 1.52. The van der Waals surface area contributed by atoms with Crippen molar-refractivity contribution < 1.29 is 13.6 Å². The minimum Gasteiger partial charge on any atom is -0.355 e. The molecule has 3 aromatic rings. The molecule has 6 heteroatoms. The fourth-order valence-corrected chi connectivity index (χ4v) is 3.20. The zero-order valence-electron chi connectivity index (χ0n) is 14.5. The van der Waals surface area contributed by atoms with Crippen LogP contribution in [-0.2, 0) is 13.0 Å². The molecule has 0 spiro atoms. The number of fused-ring (bicyclic) bond motifs is 1. The maximum Gasteiger partial charge on any atom is 0.272 e. The molecule has 0 radical (unpaired) electrons. The van der Waals surface area contributed by atoms with E-state index in [9.17, 15) is 13.6 Å². The smallest absolute Gasteiger partial charge is 0.272 e. The van der Waals surface area contributed by atoms with E-state index in [2.05, 4.69) is 16.4 Å². The molecule has 0 unspecified atom stereocenters. The Morgan fingerprint density at radius 1 is 0.963 bits per heavy atom. The van der Waals surface area contributed by atoms with E-state index < -0.39 is 11.6 Å². The van der Waals surface area contributed by atoms with Crippen molar-refractivity contribution in [3.63, 3.8) is 0 Å². The number of anilines is 2. The molecule has 27 heavy (non-hydrogen) atoms. The maximum absolute atomic E-state index is 13.4. The third-order valence-corrected chi connectivity index (χ3v) is 4.61. The summed E-state index contributed by atoms with van der Waals surface area (Å²) in [6, 6.07) is 14.9. The SMILES string of the molecule is O=C(c1cc(Nc2ccc(F)c(F)c2)ccn1)N1CCc2ccccc2C1. The van der Waals surface area contributed by atoms with Crippen molar-refractivity contribution in [2.45, 2.75) is 13.0 Å². The van der Waals surface area contributed by atoms with E-state index in [0.29, 0.717) is 30.2 Å². The highest BCUT2D eigenvalue weighted by Crippen LogP contribution is 2.22. The summed E-state index contributed by atoms with van der Waals surface area (Å²) in [5, 5.41) is 2.97. The number of hydrogen-bond acceptors (Lipinski definition) is 3. The number of amides is 1. The van der Waals surface area contributed by atoms with Gasteiger partial charge in [0.15, 0.2) is 11.6 Å². The molecule has 1 N–H and O–H groups in total. The van der Waals surface area contributed by atoms with Crippen molar-refractivity contribution in [3.8, 4) is 0 Å². The van der Waals surface area contributed by atoms with Crippen molar-refractivity contribution in [2.75, 3.05) is 11.9 Å². The molecule has 136 valence electrons. The summed E-state index contributed by atoms with van der Waals surface area (Å²) in [5.41, 5.74) is 3.69. The Morgan fingerprint density at radius 2 is 1.74 bits per heavy atom. The largest absolute Gasteiger partial charge is 0.355 e. The van der Waals surface area contributed by atoms with Gasteiger partial charge >= 0.3 is 0 Å². The predicted octanol–water partition coefficient (Wildman–Crippen LogP) is 4.30. The minimum atomic E-state index is -0.933. The number of pyridine rings is 1. The summed E-state index contributed by atoms with van der Waals surface area (Å²) >= 11 is 0. The first kappa shape index (κ1) is 17.1. The highest BCUT2D eigenvalue weighted by molar-refractivity contribution is 5.93. The molecular weight excluding hydrogens is 348 g/mol. The van der Waals surface area contributed by atoms with Crippen LogP contribution in [0, 0.1) is 11.6 Å². The number of rotatable bonds is 3. The van der Waals surface area contributed by atoms with Crippen LogP contribution >= 0.6 is 0 Å². The van der Waals surface area contributed by atoms with E-state index in [1.54, 1.807) is 17.0 Å². The van der Waals surface area contributed by atoms with Gasteiger partial charge in [0.2, 0.25) is 0 Å². The van der Waals surface area contributed by atoms with Gasteiger partial charge < -0.3 is 10.2 Å². The van der Waals surface area contributed by atoms with E-state index in [0.717, 1.165) is 24.1 Å². The van der Waals surface area contributed by atoms with Crippen LogP contribution < -0.4 is 5.32 Å². The van der Waals surface area contributed by atoms with E-state index in [4.69, 9.17) is 0 Å². The van der Waals surface area contributed by atoms with Gasteiger partial charge in [-0.2, -0.15) is 0 Å². The highest BCUT2D eigenvalue weighted by Gasteiger charge is 2.22. The van der Waals surface area contributed by atoms with Crippen LogP contribution in [0.3, 0.4) is 0 Å². The molecule has 0 atom stereocenters. The van der Waals surface area contributed by atoms with Crippen LogP contribution in [0.15, 0.2) is 60.8 Å². The summed E-state index contributed by atoms with van der Waals surface area (Å²) in [6.07, 6.45) is 2.34. The first-order valence-corrected chi connectivity index (χ1v) is 8.64. The third-order valence-electron chi connectivity index (χ3n) is 4.61. The van der Waals surface area contributed by atoms with Crippen LogP contribution in [0.1, 0.15) is 21.6 Å². The summed E-state index contributed by atoms with van der Waals surface area (Å²) in [6.45, 7) is 1.19. The van der Waals surface area contributed by atoms with Gasteiger partial charge in [-0.3, -0.25) is 9.78 Å². The Morgan fingerprint density at radius 3 is 2.56 bits per heavy atom. The molecule has 0 bridgehead atoms. The molecule has 0 aliphatic carbocycles. The number of nitrogens with zero attached hydrogens (tertiary/aromatic N) is 2.